The zero-order valence-electron chi connectivity index (χ0n) is 29.7. The van der Waals surface area contributed by atoms with Crippen LogP contribution in [0, 0.1) is 22.7 Å². The summed E-state index contributed by atoms with van der Waals surface area (Å²) < 4.78 is 44.0. The normalized spacial score (nSPS) is 23.2. The molecule has 0 unspecified atom stereocenters. The second-order valence-corrected chi connectivity index (χ2v) is 17.5. The molecule has 3 saturated carbocycles. The number of hydrogen-bond donors (Lipinski definition) is 2. The Morgan fingerprint density at radius 3 is 2.50 bits per heavy atom. The van der Waals surface area contributed by atoms with Crippen molar-refractivity contribution in [2.75, 3.05) is 29.9 Å². The molecule has 9 rings (SSSR count). The summed E-state index contributed by atoms with van der Waals surface area (Å²) in [7, 11) is -4.48. The molecular formula is C39H45N7O5S. The van der Waals surface area contributed by atoms with Gasteiger partial charge in [0.05, 0.1) is 12.2 Å². The summed E-state index contributed by atoms with van der Waals surface area (Å²) in [6, 6.07) is 17.9. The maximum Gasteiger partial charge on any atom is 0.285 e. The summed E-state index contributed by atoms with van der Waals surface area (Å²) in [5, 5.41) is 7.58. The van der Waals surface area contributed by atoms with Gasteiger partial charge in [-0.1, -0.05) is 30.3 Å². The number of nitrogens with zero attached hydrogens (tertiary/aromatic N) is 5. The standard InChI is InChI=1S/C39H45N7O5S/c1-37(2)23-27-9-6-20-40-31-12-11-29(51-25-26-7-4-3-5-8-26)36(41-31)52(48,49)44-35(47)28-10-13-32(42-34(28)45(37)24-27)46-21-14-33(43-46)50-22-15-30-38(16-17-38)39(30)18-19-39/h3-5,7-8,10-14,21,27,30H,6,9,15-20,22-25H2,1-2H3,(H,40,41)(H,44,47)/t27-/m0/s1. The lowest BCUT2D eigenvalue weighted by molar-refractivity contribution is 0.0981. The predicted octanol–water partition coefficient (Wildman–Crippen LogP) is 6.13. The maximum atomic E-state index is 14.1. The van der Waals surface area contributed by atoms with E-state index in [1.54, 1.807) is 28.9 Å². The minimum Gasteiger partial charge on any atom is -0.486 e. The van der Waals surface area contributed by atoms with E-state index in [0.29, 0.717) is 59.8 Å². The van der Waals surface area contributed by atoms with Crippen LogP contribution in [0.4, 0.5) is 11.6 Å². The number of hydrogen-bond acceptors (Lipinski definition) is 10. The molecule has 0 radical (unpaired) electrons. The van der Waals surface area contributed by atoms with Crippen LogP contribution < -0.4 is 24.4 Å². The fourth-order valence-electron chi connectivity index (χ4n) is 9.45. The molecule has 272 valence electrons. The van der Waals surface area contributed by atoms with E-state index in [1.807, 2.05) is 42.6 Å². The van der Waals surface area contributed by atoms with Gasteiger partial charge in [-0.05, 0) is 118 Å². The highest BCUT2D eigenvalue weighted by Gasteiger charge is 2.85. The predicted molar refractivity (Wildman–Crippen MR) is 195 cm³/mol. The zero-order valence-corrected chi connectivity index (χ0v) is 30.5. The minimum absolute atomic E-state index is 0.0459. The smallest absolute Gasteiger partial charge is 0.285 e. The van der Waals surface area contributed by atoms with Crippen molar-refractivity contribution in [2.45, 2.75) is 82.4 Å². The first-order valence-corrected chi connectivity index (χ1v) is 20.0. The number of aromatic nitrogens is 4. The molecule has 13 heteroatoms. The average Bonchev–Trinajstić information content (AvgIpc) is 4.08. The van der Waals surface area contributed by atoms with E-state index in [4.69, 9.17) is 14.5 Å². The summed E-state index contributed by atoms with van der Waals surface area (Å²) in [5.74, 6) is 2.25. The Hall–Kier alpha value is -4.65. The Labute approximate surface area is 304 Å². The highest BCUT2D eigenvalue weighted by Crippen LogP contribution is 2.93. The SMILES string of the molecule is CC1(C)C[C@@H]2CCCNc3ccc(OCc4ccccc4)c(n3)S(=O)(=O)NC(=O)c3ccc(-n4ccc(OCCC5C6(CC6)C56CC6)n4)nc3N1C2. The molecule has 2 aliphatic heterocycles. The van der Waals surface area contributed by atoms with E-state index in [2.05, 4.69) is 38.9 Å². The van der Waals surface area contributed by atoms with Crippen molar-refractivity contribution in [3.05, 3.63) is 78.0 Å². The van der Waals surface area contributed by atoms with Crippen molar-refractivity contribution >= 4 is 27.6 Å². The number of rotatable bonds is 8. The summed E-state index contributed by atoms with van der Waals surface area (Å²) in [5.41, 5.74) is 1.98. The quantitative estimate of drug-likeness (QED) is 0.218. The third kappa shape index (κ3) is 5.86. The first kappa shape index (κ1) is 33.2. The van der Waals surface area contributed by atoms with Gasteiger partial charge in [0, 0.05) is 30.9 Å². The van der Waals surface area contributed by atoms with Crippen molar-refractivity contribution in [1.29, 1.82) is 0 Å². The van der Waals surface area contributed by atoms with E-state index < -0.39 is 15.9 Å². The monoisotopic (exact) mass is 723 g/mol. The largest absolute Gasteiger partial charge is 0.486 e. The highest BCUT2D eigenvalue weighted by atomic mass is 32.2. The molecule has 5 heterocycles. The van der Waals surface area contributed by atoms with Gasteiger partial charge in [0.1, 0.15) is 18.2 Å². The Balaban J connectivity index is 1.000. The van der Waals surface area contributed by atoms with E-state index in [-0.39, 0.29) is 28.5 Å². The Morgan fingerprint density at radius 2 is 1.73 bits per heavy atom. The van der Waals surface area contributed by atoms with Gasteiger partial charge in [-0.15, -0.1) is 5.10 Å². The number of fused-ring (bicyclic) bond motifs is 7. The molecule has 4 bridgehead atoms. The number of anilines is 2. The molecule has 52 heavy (non-hydrogen) atoms. The van der Waals surface area contributed by atoms with Gasteiger partial charge in [-0.2, -0.15) is 8.42 Å². The van der Waals surface area contributed by atoms with Gasteiger partial charge < -0.3 is 19.7 Å². The van der Waals surface area contributed by atoms with Crippen molar-refractivity contribution in [1.82, 2.24) is 24.5 Å². The topological polar surface area (TPSA) is 141 Å². The van der Waals surface area contributed by atoms with Crippen LogP contribution in [0.1, 0.15) is 81.1 Å². The number of pyridine rings is 2. The summed E-state index contributed by atoms with van der Waals surface area (Å²) >= 11 is 0. The number of sulfonamides is 1. The van der Waals surface area contributed by atoms with Gasteiger partial charge in [-0.3, -0.25) is 4.79 Å². The van der Waals surface area contributed by atoms with E-state index >= 15 is 0 Å². The number of amides is 1. The molecule has 5 aliphatic rings. The van der Waals surface area contributed by atoms with Crippen LogP contribution in [0.3, 0.4) is 0 Å². The van der Waals surface area contributed by atoms with Crippen molar-refractivity contribution in [2.24, 2.45) is 22.7 Å². The second-order valence-electron chi connectivity index (χ2n) is 15.9. The van der Waals surface area contributed by atoms with E-state index in [0.717, 1.165) is 37.2 Å². The number of benzene rings is 1. The number of carbonyl (C=O) groups is 1. The van der Waals surface area contributed by atoms with Crippen molar-refractivity contribution in [3.63, 3.8) is 0 Å². The molecule has 4 fully saturated rings. The molecule has 1 amide bonds. The molecule has 1 atom stereocenters. The maximum absolute atomic E-state index is 14.1. The zero-order chi connectivity index (χ0) is 35.7. The summed E-state index contributed by atoms with van der Waals surface area (Å²) in [6.45, 7) is 6.36. The van der Waals surface area contributed by atoms with Crippen LogP contribution >= 0.6 is 0 Å². The Kier molecular flexibility index (Phi) is 7.80. The van der Waals surface area contributed by atoms with Gasteiger partial charge in [-0.25, -0.2) is 19.4 Å². The molecular weight excluding hydrogens is 679 g/mol. The summed E-state index contributed by atoms with van der Waals surface area (Å²) in [6.07, 6.45) is 11.1. The number of nitrogens with one attached hydrogen (secondary N) is 2. The van der Waals surface area contributed by atoms with Crippen molar-refractivity contribution < 1.29 is 22.7 Å². The molecule has 1 aromatic carbocycles. The molecule has 2 spiro atoms. The second kappa shape index (κ2) is 12.2. The first-order chi connectivity index (χ1) is 25.1. The molecule has 3 aromatic heterocycles. The third-order valence-electron chi connectivity index (χ3n) is 12.2. The molecule has 12 nitrogen and oxygen atoms in total. The van der Waals surface area contributed by atoms with Crippen LogP contribution in [0.5, 0.6) is 11.6 Å². The Bertz CT molecular complexity index is 2110. The van der Waals surface area contributed by atoms with Crippen LogP contribution in [-0.2, 0) is 16.6 Å². The minimum atomic E-state index is -4.48. The van der Waals surface area contributed by atoms with Crippen LogP contribution in [0.15, 0.2) is 71.9 Å². The van der Waals surface area contributed by atoms with Gasteiger partial charge in [0.25, 0.3) is 15.9 Å². The van der Waals surface area contributed by atoms with Crippen molar-refractivity contribution in [3.8, 4) is 17.4 Å². The number of carbonyl (C=O) groups excluding carboxylic acids is 1. The lowest BCUT2D eigenvalue weighted by atomic mass is 9.93. The van der Waals surface area contributed by atoms with Crippen LogP contribution in [0.25, 0.3) is 5.82 Å². The average molecular weight is 724 g/mol. The third-order valence-corrected chi connectivity index (χ3v) is 13.5. The van der Waals surface area contributed by atoms with Gasteiger partial charge in [0.2, 0.25) is 10.9 Å². The number of ether oxygens (including phenoxy) is 2. The fraction of sp³-hybridized carbons (Fsp3) is 0.487. The molecule has 4 aromatic rings. The van der Waals surface area contributed by atoms with E-state index in [9.17, 15) is 13.2 Å². The van der Waals surface area contributed by atoms with E-state index in [1.165, 1.54) is 25.7 Å². The first-order valence-electron chi connectivity index (χ1n) is 18.5. The molecule has 2 N–H and O–H groups in total. The van der Waals surface area contributed by atoms with Gasteiger partial charge in [0.15, 0.2) is 11.6 Å². The highest BCUT2D eigenvalue weighted by molar-refractivity contribution is 7.90. The van der Waals surface area contributed by atoms with Crippen LogP contribution in [-0.4, -0.2) is 59.3 Å². The fourth-order valence-corrected chi connectivity index (χ4v) is 10.5. The lowest BCUT2D eigenvalue weighted by Crippen LogP contribution is -2.41. The lowest BCUT2D eigenvalue weighted by Gasteiger charge is -2.34. The van der Waals surface area contributed by atoms with Crippen LogP contribution in [0.2, 0.25) is 0 Å². The van der Waals surface area contributed by atoms with Gasteiger partial charge >= 0.3 is 0 Å². The molecule has 1 saturated heterocycles. The Morgan fingerprint density at radius 1 is 0.942 bits per heavy atom. The summed E-state index contributed by atoms with van der Waals surface area (Å²) in [4.78, 5) is 25.6. The molecule has 3 aliphatic carbocycles.